The summed E-state index contributed by atoms with van der Waals surface area (Å²) in [6, 6.07) is 11.3. The number of ether oxygens (including phenoxy) is 1. The van der Waals surface area contributed by atoms with Gasteiger partial charge in [0.1, 0.15) is 5.75 Å². The lowest BCUT2D eigenvalue weighted by molar-refractivity contribution is 0.410. The van der Waals surface area contributed by atoms with Crippen LogP contribution in [0.4, 0.5) is 0 Å². The highest BCUT2D eigenvalue weighted by atomic mass is 16.5. The summed E-state index contributed by atoms with van der Waals surface area (Å²) < 4.78 is 6.88. The fourth-order valence-electron chi connectivity index (χ4n) is 2.16. The third kappa shape index (κ3) is 4.12. The van der Waals surface area contributed by atoms with Crippen molar-refractivity contribution in [2.45, 2.75) is 20.0 Å². The second-order valence-electron chi connectivity index (χ2n) is 5.23. The van der Waals surface area contributed by atoms with Gasteiger partial charge in [-0.1, -0.05) is 24.3 Å². The first-order valence-corrected chi connectivity index (χ1v) is 7.34. The maximum atomic E-state index is 12.1. The van der Waals surface area contributed by atoms with Crippen LogP contribution >= 0.6 is 0 Å². The molecular formula is C17H22N4O2. The molecule has 0 atom stereocenters. The lowest BCUT2D eigenvalue weighted by atomic mass is 10.2. The molecule has 0 aliphatic carbocycles. The third-order valence-electron chi connectivity index (χ3n) is 3.71. The third-order valence-corrected chi connectivity index (χ3v) is 3.71. The van der Waals surface area contributed by atoms with E-state index in [-0.39, 0.29) is 5.56 Å². The molecule has 23 heavy (non-hydrogen) atoms. The van der Waals surface area contributed by atoms with E-state index >= 15 is 0 Å². The van der Waals surface area contributed by atoms with E-state index in [1.165, 1.54) is 0 Å². The molecule has 0 bridgehead atoms. The van der Waals surface area contributed by atoms with Gasteiger partial charge in [-0.2, -0.15) is 0 Å². The van der Waals surface area contributed by atoms with Crippen LogP contribution in [0.15, 0.2) is 46.2 Å². The molecule has 0 saturated carbocycles. The Balaban J connectivity index is 2.01. The first-order chi connectivity index (χ1) is 11.0. The van der Waals surface area contributed by atoms with Crippen molar-refractivity contribution in [3.63, 3.8) is 0 Å². The summed E-state index contributed by atoms with van der Waals surface area (Å²) >= 11 is 0. The normalized spacial score (nSPS) is 11.3. The Morgan fingerprint density at radius 3 is 2.74 bits per heavy atom. The summed E-state index contributed by atoms with van der Waals surface area (Å²) in [4.78, 5) is 16.4. The SMILES string of the molecule is COc1ccccc1CN=C(N)NCc1ccc(C)n(C)c1=O. The number of nitrogens with zero attached hydrogens (tertiary/aromatic N) is 2. The van der Waals surface area contributed by atoms with E-state index in [1.807, 2.05) is 37.3 Å². The van der Waals surface area contributed by atoms with Crippen LogP contribution in [0.1, 0.15) is 16.8 Å². The van der Waals surface area contributed by atoms with Gasteiger partial charge in [-0.3, -0.25) is 4.79 Å². The molecular weight excluding hydrogens is 292 g/mol. The van der Waals surface area contributed by atoms with Crippen molar-refractivity contribution in [3.05, 3.63) is 63.6 Å². The summed E-state index contributed by atoms with van der Waals surface area (Å²) in [6.45, 7) is 2.64. The Labute approximate surface area is 135 Å². The molecule has 6 heteroatoms. The van der Waals surface area contributed by atoms with Crippen molar-refractivity contribution >= 4 is 5.96 Å². The van der Waals surface area contributed by atoms with E-state index in [4.69, 9.17) is 10.5 Å². The number of hydrogen-bond acceptors (Lipinski definition) is 3. The van der Waals surface area contributed by atoms with Crippen molar-refractivity contribution in [2.24, 2.45) is 17.8 Å². The molecule has 0 aliphatic heterocycles. The number of methoxy groups -OCH3 is 1. The van der Waals surface area contributed by atoms with Crippen molar-refractivity contribution in [1.29, 1.82) is 0 Å². The number of guanidine groups is 1. The van der Waals surface area contributed by atoms with Gasteiger partial charge in [0.05, 0.1) is 13.7 Å². The average Bonchev–Trinajstić information content (AvgIpc) is 2.57. The molecule has 122 valence electrons. The molecule has 0 fully saturated rings. The van der Waals surface area contributed by atoms with Crippen molar-refractivity contribution in [3.8, 4) is 5.75 Å². The van der Waals surface area contributed by atoms with Crippen molar-refractivity contribution in [2.75, 3.05) is 7.11 Å². The first-order valence-electron chi connectivity index (χ1n) is 7.34. The highest BCUT2D eigenvalue weighted by Crippen LogP contribution is 2.17. The molecule has 0 saturated heterocycles. The Morgan fingerprint density at radius 1 is 1.26 bits per heavy atom. The largest absolute Gasteiger partial charge is 0.496 e. The Morgan fingerprint density at radius 2 is 2.00 bits per heavy atom. The van der Waals surface area contributed by atoms with Crippen LogP contribution in [0.5, 0.6) is 5.75 Å². The molecule has 0 amide bonds. The van der Waals surface area contributed by atoms with Crippen molar-refractivity contribution in [1.82, 2.24) is 9.88 Å². The number of rotatable bonds is 5. The van der Waals surface area contributed by atoms with E-state index in [0.29, 0.717) is 24.6 Å². The Hall–Kier alpha value is -2.76. The second kappa shape index (κ2) is 7.49. The summed E-state index contributed by atoms with van der Waals surface area (Å²) in [7, 11) is 3.37. The lowest BCUT2D eigenvalue weighted by Crippen LogP contribution is -2.34. The molecule has 2 rings (SSSR count). The molecule has 2 aromatic rings. The quantitative estimate of drug-likeness (QED) is 0.644. The van der Waals surface area contributed by atoms with Crippen LogP contribution < -0.4 is 21.3 Å². The van der Waals surface area contributed by atoms with E-state index < -0.39 is 0 Å². The summed E-state index contributed by atoms with van der Waals surface area (Å²) in [5, 5.41) is 2.97. The van der Waals surface area contributed by atoms with Crippen LogP contribution in [0.2, 0.25) is 0 Å². The van der Waals surface area contributed by atoms with Gasteiger partial charge in [-0.25, -0.2) is 4.99 Å². The van der Waals surface area contributed by atoms with E-state index in [0.717, 1.165) is 17.0 Å². The zero-order valence-corrected chi connectivity index (χ0v) is 13.7. The second-order valence-corrected chi connectivity index (χ2v) is 5.23. The van der Waals surface area contributed by atoms with Crippen LogP contribution in [-0.4, -0.2) is 17.6 Å². The van der Waals surface area contributed by atoms with Crippen LogP contribution in [0.3, 0.4) is 0 Å². The van der Waals surface area contributed by atoms with Crippen LogP contribution in [0.25, 0.3) is 0 Å². The number of hydrogen-bond donors (Lipinski definition) is 2. The number of para-hydroxylation sites is 1. The molecule has 1 aromatic heterocycles. The number of benzene rings is 1. The number of aliphatic imine (C=N–C) groups is 1. The van der Waals surface area contributed by atoms with Crippen molar-refractivity contribution < 1.29 is 4.74 Å². The van der Waals surface area contributed by atoms with Gasteiger partial charge in [0.2, 0.25) is 0 Å². The number of nitrogens with one attached hydrogen (secondary N) is 1. The number of aryl methyl sites for hydroxylation is 1. The van der Waals surface area contributed by atoms with E-state index in [9.17, 15) is 4.79 Å². The summed E-state index contributed by atoms with van der Waals surface area (Å²) in [5.41, 5.74) is 8.35. The zero-order valence-electron chi connectivity index (χ0n) is 13.7. The molecule has 6 nitrogen and oxygen atoms in total. The maximum Gasteiger partial charge on any atom is 0.255 e. The predicted octanol–water partition coefficient (Wildman–Crippen LogP) is 1.31. The van der Waals surface area contributed by atoms with Gasteiger partial charge in [-0.05, 0) is 19.1 Å². The minimum atomic E-state index is -0.0324. The predicted molar refractivity (Wildman–Crippen MR) is 91.6 cm³/mol. The minimum absolute atomic E-state index is 0.0324. The zero-order chi connectivity index (χ0) is 16.8. The van der Waals surface area contributed by atoms with Gasteiger partial charge in [-0.15, -0.1) is 0 Å². The van der Waals surface area contributed by atoms with Gasteiger partial charge >= 0.3 is 0 Å². The smallest absolute Gasteiger partial charge is 0.255 e. The van der Waals surface area contributed by atoms with E-state index in [2.05, 4.69) is 10.3 Å². The van der Waals surface area contributed by atoms with Gasteiger partial charge in [0.25, 0.3) is 5.56 Å². The molecule has 3 N–H and O–H groups in total. The molecule has 0 aliphatic rings. The van der Waals surface area contributed by atoms with Gasteiger partial charge in [0.15, 0.2) is 5.96 Å². The standard InChI is InChI=1S/C17H22N4O2/c1-12-8-9-14(16(22)21(12)2)11-20-17(18)19-10-13-6-4-5-7-15(13)23-3/h4-9H,10-11H2,1-3H3,(H3,18,19,20). The van der Waals surface area contributed by atoms with Gasteiger partial charge in [0, 0.05) is 30.4 Å². The highest BCUT2D eigenvalue weighted by molar-refractivity contribution is 5.77. The van der Waals surface area contributed by atoms with Gasteiger partial charge < -0.3 is 20.4 Å². The first kappa shape index (κ1) is 16.6. The Kier molecular flexibility index (Phi) is 5.41. The number of nitrogens with two attached hydrogens (primary N) is 1. The fourth-order valence-corrected chi connectivity index (χ4v) is 2.16. The molecule has 0 unspecified atom stereocenters. The monoisotopic (exact) mass is 314 g/mol. The topological polar surface area (TPSA) is 81.6 Å². The molecule has 0 spiro atoms. The van der Waals surface area contributed by atoms with Crippen LogP contribution in [0, 0.1) is 6.92 Å². The minimum Gasteiger partial charge on any atom is -0.496 e. The molecule has 0 radical (unpaired) electrons. The maximum absolute atomic E-state index is 12.1. The average molecular weight is 314 g/mol. The number of aromatic nitrogens is 1. The molecule has 1 aromatic carbocycles. The summed E-state index contributed by atoms with van der Waals surface area (Å²) in [6.07, 6.45) is 0. The molecule has 1 heterocycles. The van der Waals surface area contributed by atoms with E-state index in [1.54, 1.807) is 24.8 Å². The highest BCUT2D eigenvalue weighted by Gasteiger charge is 2.04. The van der Waals surface area contributed by atoms with Crippen LogP contribution in [-0.2, 0) is 20.1 Å². The number of pyridine rings is 1. The fraction of sp³-hybridized carbons (Fsp3) is 0.294. The Bertz CT molecular complexity index is 765. The lowest BCUT2D eigenvalue weighted by Gasteiger charge is -2.09. The summed E-state index contributed by atoms with van der Waals surface area (Å²) in [5.74, 6) is 1.06.